The Hall–Kier alpha value is -1.26. The molecule has 0 aliphatic carbocycles. The molecule has 0 saturated carbocycles. The van der Waals surface area contributed by atoms with Crippen molar-refractivity contribution < 1.29 is 4.39 Å². The van der Waals surface area contributed by atoms with Crippen molar-refractivity contribution in [2.24, 2.45) is 0 Å². The Labute approximate surface area is 124 Å². The molecule has 1 N–H and O–H groups in total. The molecule has 2 unspecified atom stereocenters. The van der Waals surface area contributed by atoms with E-state index in [1.807, 2.05) is 18.3 Å². The van der Waals surface area contributed by atoms with Crippen LogP contribution in [0.2, 0.25) is 0 Å². The van der Waals surface area contributed by atoms with Gasteiger partial charge in [-0.2, -0.15) is 0 Å². The Morgan fingerprint density at radius 1 is 1.25 bits per heavy atom. The van der Waals surface area contributed by atoms with Crippen LogP contribution in [0.15, 0.2) is 30.5 Å². The standard InChI is InChI=1S/C16H21FN2S/c1-4-15-10-18-16(20-15)12(3)19-11(2)9-13-5-7-14(17)8-6-13/h5-8,10-12,19H,4,9H2,1-3H3. The maximum Gasteiger partial charge on any atom is 0.123 e. The quantitative estimate of drug-likeness (QED) is 0.866. The van der Waals surface area contributed by atoms with Crippen LogP contribution in [0.1, 0.15) is 42.3 Å². The van der Waals surface area contributed by atoms with Gasteiger partial charge >= 0.3 is 0 Å². The number of nitrogens with zero attached hydrogens (tertiary/aromatic N) is 1. The van der Waals surface area contributed by atoms with Crippen molar-refractivity contribution >= 4 is 11.3 Å². The van der Waals surface area contributed by atoms with E-state index in [0.29, 0.717) is 6.04 Å². The van der Waals surface area contributed by atoms with Gasteiger partial charge in [-0.05, 0) is 44.4 Å². The molecule has 0 aliphatic rings. The van der Waals surface area contributed by atoms with Crippen LogP contribution < -0.4 is 5.32 Å². The summed E-state index contributed by atoms with van der Waals surface area (Å²) in [6, 6.07) is 7.29. The van der Waals surface area contributed by atoms with Crippen LogP contribution in [-0.4, -0.2) is 11.0 Å². The zero-order valence-electron chi connectivity index (χ0n) is 12.2. The smallest absolute Gasteiger partial charge is 0.123 e. The minimum Gasteiger partial charge on any atom is -0.305 e. The number of hydrogen-bond acceptors (Lipinski definition) is 3. The molecule has 0 fully saturated rings. The van der Waals surface area contributed by atoms with Crippen molar-refractivity contribution in [3.05, 3.63) is 51.7 Å². The van der Waals surface area contributed by atoms with Gasteiger partial charge in [0.2, 0.25) is 0 Å². The van der Waals surface area contributed by atoms with E-state index < -0.39 is 0 Å². The largest absolute Gasteiger partial charge is 0.305 e. The summed E-state index contributed by atoms with van der Waals surface area (Å²) in [4.78, 5) is 5.78. The summed E-state index contributed by atoms with van der Waals surface area (Å²) < 4.78 is 12.9. The third kappa shape index (κ3) is 4.12. The molecular formula is C16H21FN2S. The van der Waals surface area contributed by atoms with Crippen LogP contribution in [0.4, 0.5) is 4.39 Å². The Bertz CT molecular complexity index is 536. The van der Waals surface area contributed by atoms with Gasteiger partial charge < -0.3 is 5.32 Å². The van der Waals surface area contributed by atoms with Crippen LogP contribution in [0.3, 0.4) is 0 Å². The first-order valence-electron chi connectivity index (χ1n) is 7.03. The molecule has 4 heteroatoms. The van der Waals surface area contributed by atoms with E-state index in [-0.39, 0.29) is 11.9 Å². The second kappa shape index (κ2) is 6.95. The zero-order valence-corrected chi connectivity index (χ0v) is 13.0. The fourth-order valence-electron chi connectivity index (χ4n) is 2.22. The average Bonchev–Trinajstić information content (AvgIpc) is 2.90. The summed E-state index contributed by atoms with van der Waals surface area (Å²) in [6.45, 7) is 6.43. The highest BCUT2D eigenvalue weighted by Crippen LogP contribution is 2.21. The monoisotopic (exact) mass is 292 g/mol. The minimum atomic E-state index is -0.183. The van der Waals surface area contributed by atoms with Gasteiger partial charge in [0.25, 0.3) is 0 Å². The first-order valence-corrected chi connectivity index (χ1v) is 7.85. The molecule has 2 aromatic rings. The lowest BCUT2D eigenvalue weighted by molar-refractivity contribution is 0.475. The summed E-state index contributed by atoms with van der Waals surface area (Å²) in [5, 5.41) is 4.68. The zero-order chi connectivity index (χ0) is 14.5. The number of aryl methyl sites for hydroxylation is 1. The van der Waals surface area contributed by atoms with Crippen LogP contribution in [0.25, 0.3) is 0 Å². The molecule has 1 heterocycles. The molecule has 1 aromatic carbocycles. The normalized spacial score (nSPS) is 14.2. The van der Waals surface area contributed by atoms with Gasteiger partial charge in [-0.15, -0.1) is 11.3 Å². The van der Waals surface area contributed by atoms with E-state index in [0.717, 1.165) is 23.4 Å². The first-order chi connectivity index (χ1) is 9.58. The molecule has 0 spiro atoms. The number of rotatable bonds is 6. The number of thiazole rings is 1. The third-order valence-electron chi connectivity index (χ3n) is 3.28. The predicted octanol–water partition coefficient (Wildman–Crippen LogP) is 4.13. The summed E-state index contributed by atoms with van der Waals surface area (Å²) >= 11 is 1.77. The van der Waals surface area contributed by atoms with Crippen LogP contribution in [0, 0.1) is 5.82 Å². The molecule has 2 nitrogen and oxygen atoms in total. The maximum atomic E-state index is 12.9. The Kier molecular flexibility index (Phi) is 5.26. The SMILES string of the molecule is CCc1cnc(C(C)NC(C)Cc2ccc(F)cc2)s1. The number of hydrogen-bond donors (Lipinski definition) is 1. The highest BCUT2D eigenvalue weighted by molar-refractivity contribution is 7.11. The minimum absolute atomic E-state index is 0.183. The molecule has 0 aliphatic heterocycles. The highest BCUT2D eigenvalue weighted by Gasteiger charge is 2.13. The molecule has 2 rings (SSSR count). The molecule has 20 heavy (non-hydrogen) atoms. The fourth-order valence-corrected chi connectivity index (χ4v) is 3.09. The molecular weight excluding hydrogens is 271 g/mol. The van der Waals surface area contributed by atoms with Crippen molar-refractivity contribution in [3.63, 3.8) is 0 Å². The summed E-state index contributed by atoms with van der Waals surface area (Å²) in [7, 11) is 0. The number of aromatic nitrogens is 1. The van der Waals surface area contributed by atoms with E-state index >= 15 is 0 Å². The van der Waals surface area contributed by atoms with E-state index in [4.69, 9.17) is 0 Å². The van der Waals surface area contributed by atoms with Crippen molar-refractivity contribution in [2.75, 3.05) is 0 Å². The van der Waals surface area contributed by atoms with Crippen LogP contribution in [-0.2, 0) is 12.8 Å². The first kappa shape index (κ1) is 15.1. The van der Waals surface area contributed by atoms with E-state index in [1.165, 1.54) is 17.0 Å². The van der Waals surface area contributed by atoms with Gasteiger partial charge in [-0.3, -0.25) is 0 Å². The second-order valence-corrected chi connectivity index (χ2v) is 6.29. The average molecular weight is 292 g/mol. The molecule has 2 atom stereocenters. The Morgan fingerprint density at radius 2 is 1.95 bits per heavy atom. The van der Waals surface area contributed by atoms with Crippen molar-refractivity contribution in [1.29, 1.82) is 0 Å². The lowest BCUT2D eigenvalue weighted by atomic mass is 10.1. The fraction of sp³-hybridized carbons (Fsp3) is 0.438. The summed E-state index contributed by atoms with van der Waals surface area (Å²) in [5.74, 6) is -0.183. The second-order valence-electron chi connectivity index (χ2n) is 5.14. The Morgan fingerprint density at radius 3 is 2.55 bits per heavy atom. The van der Waals surface area contributed by atoms with Crippen molar-refractivity contribution in [3.8, 4) is 0 Å². The molecule has 0 radical (unpaired) electrons. The molecule has 0 amide bonds. The summed E-state index contributed by atoms with van der Waals surface area (Å²) in [5.41, 5.74) is 1.15. The van der Waals surface area contributed by atoms with E-state index in [1.54, 1.807) is 11.3 Å². The van der Waals surface area contributed by atoms with Gasteiger partial charge in [0.1, 0.15) is 10.8 Å². The summed E-state index contributed by atoms with van der Waals surface area (Å²) in [6.07, 6.45) is 3.88. The van der Waals surface area contributed by atoms with Gasteiger partial charge in [-0.25, -0.2) is 9.37 Å². The molecule has 108 valence electrons. The van der Waals surface area contributed by atoms with E-state index in [2.05, 4.69) is 31.1 Å². The lowest BCUT2D eigenvalue weighted by Gasteiger charge is -2.18. The van der Waals surface area contributed by atoms with Gasteiger partial charge in [-0.1, -0.05) is 19.1 Å². The van der Waals surface area contributed by atoms with Crippen LogP contribution >= 0.6 is 11.3 Å². The highest BCUT2D eigenvalue weighted by atomic mass is 32.1. The van der Waals surface area contributed by atoms with Gasteiger partial charge in [0, 0.05) is 17.1 Å². The Balaban J connectivity index is 1.90. The predicted molar refractivity (Wildman–Crippen MR) is 82.6 cm³/mol. The van der Waals surface area contributed by atoms with Crippen molar-refractivity contribution in [2.45, 2.75) is 45.7 Å². The molecule has 0 saturated heterocycles. The number of halogens is 1. The number of nitrogens with one attached hydrogen (secondary N) is 1. The third-order valence-corrected chi connectivity index (χ3v) is 4.60. The van der Waals surface area contributed by atoms with Crippen LogP contribution in [0.5, 0.6) is 0 Å². The molecule has 1 aromatic heterocycles. The van der Waals surface area contributed by atoms with Gasteiger partial charge in [0.15, 0.2) is 0 Å². The topological polar surface area (TPSA) is 24.9 Å². The van der Waals surface area contributed by atoms with Crippen molar-refractivity contribution in [1.82, 2.24) is 10.3 Å². The number of benzene rings is 1. The van der Waals surface area contributed by atoms with E-state index in [9.17, 15) is 4.39 Å². The lowest BCUT2D eigenvalue weighted by Crippen LogP contribution is -2.30. The maximum absolute atomic E-state index is 12.9. The molecule has 0 bridgehead atoms. The van der Waals surface area contributed by atoms with Gasteiger partial charge in [0.05, 0.1) is 6.04 Å².